The Morgan fingerprint density at radius 2 is 2.15 bits per heavy atom. The van der Waals surface area contributed by atoms with Crippen LogP contribution >= 0.6 is 0 Å². The van der Waals surface area contributed by atoms with Crippen molar-refractivity contribution in [3.8, 4) is 0 Å². The minimum atomic E-state index is -3.06. The van der Waals surface area contributed by atoms with Crippen LogP contribution in [0.25, 0.3) is 0 Å². The number of rotatable bonds is 2. The van der Waals surface area contributed by atoms with Crippen molar-refractivity contribution in [1.29, 1.82) is 0 Å². The second-order valence-corrected chi connectivity index (χ2v) is 7.24. The molecule has 1 aliphatic rings. The molecule has 7 heteroatoms. The number of nitrogens with one attached hydrogen (secondary N) is 2. The van der Waals surface area contributed by atoms with Crippen LogP contribution in [0.2, 0.25) is 0 Å². The molecule has 1 fully saturated rings. The summed E-state index contributed by atoms with van der Waals surface area (Å²) in [5, 5.41) is 5.24. The summed E-state index contributed by atoms with van der Waals surface area (Å²) in [5.41, 5.74) is 1.11. The predicted molar refractivity (Wildman–Crippen MR) is 75.0 cm³/mol. The molecule has 2 rings (SSSR count). The number of sulfone groups is 1. The number of halogens is 1. The molecule has 1 atom stereocenters. The van der Waals surface area contributed by atoms with E-state index in [1.54, 1.807) is 6.92 Å². The molecule has 0 bridgehead atoms. The van der Waals surface area contributed by atoms with Gasteiger partial charge < -0.3 is 10.6 Å². The highest BCUT2D eigenvalue weighted by Crippen LogP contribution is 2.16. The molecule has 1 unspecified atom stereocenters. The highest BCUT2D eigenvalue weighted by atomic mass is 32.2. The van der Waals surface area contributed by atoms with Gasteiger partial charge in [-0.15, -0.1) is 0 Å². The zero-order valence-corrected chi connectivity index (χ0v) is 12.0. The lowest BCUT2D eigenvalue weighted by Crippen LogP contribution is -2.45. The first-order valence-electron chi connectivity index (χ1n) is 6.40. The molecule has 0 radical (unpaired) electrons. The molecule has 1 aromatic rings. The largest absolute Gasteiger partial charge is 0.334 e. The molecule has 1 aliphatic heterocycles. The molecule has 20 heavy (non-hydrogen) atoms. The zero-order valence-electron chi connectivity index (χ0n) is 11.1. The number of anilines is 1. The third kappa shape index (κ3) is 3.93. The van der Waals surface area contributed by atoms with E-state index in [1.165, 1.54) is 18.2 Å². The Balaban J connectivity index is 1.95. The second kappa shape index (κ2) is 5.78. The molecule has 0 aromatic heterocycles. The van der Waals surface area contributed by atoms with E-state index in [4.69, 9.17) is 0 Å². The monoisotopic (exact) mass is 300 g/mol. The molecule has 5 nitrogen and oxygen atoms in total. The first-order chi connectivity index (χ1) is 9.35. The molecule has 2 N–H and O–H groups in total. The fraction of sp³-hybridized carbons (Fsp3) is 0.462. The van der Waals surface area contributed by atoms with E-state index in [-0.39, 0.29) is 23.4 Å². The SMILES string of the molecule is Cc1cc(F)ccc1NC(=O)NC1CCCS(=O)(=O)C1. The maximum Gasteiger partial charge on any atom is 0.319 e. The van der Waals surface area contributed by atoms with Crippen molar-refractivity contribution >= 4 is 21.6 Å². The standard InChI is InChI=1S/C13H17FN2O3S/c1-9-7-10(14)4-5-12(9)16-13(17)15-11-3-2-6-20(18,19)8-11/h4-5,7,11H,2-3,6,8H2,1H3,(H2,15,16,17). The van der Waals surface area contributed by atoms with Crippen LogP contribution in [0.3, 0.4) is 0 Å². The van der Waals surface area contributed by atoms with Gasteiger partial charge in [0, 0.05) is 11.7 Å². The summed E-state index contributed by atoms with van der Waals surface area (Å²) >= 11 is 0. The van der Waals surface area contributed by atoms with Crippen molar-refractivity contribution in [2.45, 2.75) is 25.8 Å². The molecule has 110 valence electrons. The maximum atomic E-state index is 12.9. The van der Waals surface area contributed by atoms with E-state index in [9.17, 15) is 17.6 Å². The van der Waals surface area contributed by atoms with Crippen LogP contribution in [0.1, 0.15) is 18.4 Å². The first-order valence-corrected chi connectivity index (χ1v) is 8.22. The summed E-state index contributed by atoms with van der Waals surface area (Å²) in [6.45, 7) is 1.68. The smallest absolute Gasteiger partial charge is 0.319 e. The third-order valence-electron chi connectivity index (χ3n) is 3.23. The van der Waals surface area contributed by atoms with Gasteiger partial charge in [0.25, 0.3) is 0 Å². The first kappa shape index (κ1) is 14.8. The van der Waals surface area contributed by atoms with Crippen molar-refractivity contribution in [3.05, 3.63) is 29.6 Å². The molecule has 0 saturated carbocycles. The highest BCUT2D eigenvalue weighted by molar-refractivity contribution is 7.91. The Kier molecular flexibility index (Phi) is 4.27. The van der Waals surface area contributed by atoms with Gasteiger partial charge in [-0.3, -0.25) is 0 Å². The number of benzene rings is 1. The van der Waals surface area contributed by atoms with E-state index in [0.717, 1.165) is 0 Å². The molecule has 1 saturated heterocycles. The van der Waals surface area contributed by atoms with Gasteiger partial charge in [0.2, 0.25) is 0 Å². The highest BCUT2D eigenvalue weighted by Gasteiger charge is 2.25. The Morgan fingerprint density at radius 1 is 1.40 bits per heavy atom. The quantitative estimate of drug-likeness (QED) is 0.875. The summed E-state index contributed by atoms with van der Waals surface area (Å²) in [5.74, 6) is -0.209. The number of amides is 2. The van der Waals surface area contributed by atoms with E-state index >= 15 is 0 Å². The van der Waals surface area contributed by atoms with Crippen molar-refractivity contribution in [3.63, 3.8) is 0 Å². The van der Waals surface area contributed by atoms with E-state index < -0.39 is 15.9 Å². The fourth-order valence-corrected chi connectivity index (χ4v) is 3.88. The van der Waals surface area contributed by atoms with Crippen molar-refractivity contribution in [1.82, 2.24) is 5.32 Å². The van der Waals surface area contributed by atoms with E-state index in [1.807, 2.05) is 0 Å². The fourth-order valence-electron chi connectivity index (χ4n) is 2.25. The molecule has 2 amide bonds. The van der Waals surface area contributed by atoms with Crippen molar-refractivity contribution in [2.24, 2.45) is 0 Å². The molecule has 1 aromatic carbocycles. The maximum absolute atomic E-state index is 12.9. The molecule has 1 heterocycles. The lowest BCUT2D eigenvalue weighted by molar-refractivity contribution is 0.248. The number of hydrogen-bond donors (Lipinski definition) is 2. The van der Waals surface area contributed by atoms with Gasteiger partial charge >= 0.3 is 6.03 Å². The number of urea groups is 1. The Hall–Kier alpha value is -1.63. The summed E-state index contributed by atoms with van der Waals surface area (Å²) in [4.78, 5) is 11.8. The Labute approximate surface area is 117 Å². The Bertz CT molecular complexity index is 616. The normalized spacial score (nSPS) is 21.2. The van der Waals surface area contributed by atoms with Gasteiger partial charge in [0.1, 0.15) is 5.82 Å². The van der Waals surface area contributed by atoms with Gasteiger partial charge in [-0.05, 0) is 43.5 Å². The topological polar surface area (TPSA) is 75.3 Å². The summed E-state index contributed by atoms with van der Waals surface area (Å²) in [7, 11) is -3.06. The van der Waals surface area contributed by atoms with Gasteiger partial charge in [0.05, 0.1) is 11.5 Å². The van der Waals surface area contributed by atoms with Crippen LogP contribution in [0.15, 0.2) is 18.2 Å². The van der Waals surface area contributed by atoms with Gasteiger partial charge in [-0.1, -0.05) is 0 Å². The lowest BCUT2D eigenvalue weighted by Gasteiger charge is -2.23. The van der Waals surface area contributed by atoms with Crippen LogP contribution in [0.5, 0.6) is 0 Å². The summed E-state index contributed by atoms with van der Waals surface area (Å²) in [6.07, 6.45) is 1.21. The molecule has 0 aliphatic carbocycles. The van der Waals surface area contributed by atoms with Crippen LogP contribution in [-0.4, -0.2) is 32.0 Å². The van der Waals surface area contributed by atoms with Crippen LogP contribution in [0, 0.1) is 12.7 Å². The van der Waals surface area contributed by atoms with Crippen LogP contribution in [-0.2, 0) is 9.84 Å². The minimum absolute atomic E-state index is 0.0250. The van der Waals surface area contributed by atoms with Gasteiger partial charge in [0.15, 0.2) is 9.84 Å². The van der Waals surface area contributed by atoms with Gasteiger partial charge in [-0.25, -0.2) is 17.6 Å². The third-order valence-corrected chi connectivity index (χ3v) is 5.06. The number of carbonyl (C=O) groups is 1. The average molecular weight is 300 g/mol. The van der Waals surface area contributed by atoms with Crippen LogP contribution in [0.4, 0.5) is 14.9 Å². The average Bonchev–Trinajstić information content (AvgIpc) is 2.31. The summed E-state index contributed by atoms with van der Waals surface area (Å²) in [6, 6.07) is 3.22. The molecular weight excluding hydrogens is 283 g/mol. The van der Waals surface area contributed by atoms with Crippen molar-refractivity contribution < 1.29 is 17.6 Å². The number of aryl methyl sites for hydroxylation is 1. The van der Waals surface area contributed by atoms with Crippen molar-refractivity contribution in [2.75, 3.05) is 16.8 Å². The summed E-state index contributed by atoms with van der Waals surface area (Å²) < 4.78 is 35.9. The molecular formula is C13H17FN2O3S. The minimum Gasteiger partial charge on any atom is -0.334 e. The van der Waals surface area contributed by atoms with Gasteiger partial charge in [-0.2, -0.15) is 0 Å². The second-order valence-electron chi connectivity index (χ2n) is 5.01. The lowest BCUT2D eigenvalue weighted by atomic mass is 10.2. The van der Waals surface area contributed by atoms with E-state index in [0.29, 0.717) is 24.1 Å². The predicted octanol–water partition coefficient (Wildman–Crippen LogP) is 1.83. The van der Waals surface area contributed by atoms with Crippen LogP contribution < -0.4 is 10.6 Å². The Morgan fingerprint density at radius 3 is 2.80 bits per heavy atom. The molecule has 0 spiro atoms. The zero-order chi connectivity index (χ0) is 14.8. The number of carbonyl (C=O) groups excluding carboxylic acids is 1. The van der Waals surface area contributed by atoms with E-state index in [2.05, 4.69) is 10.6 Å². The number of hydrogen-bond acceptors (Lipinski definition) is 3.